The molecule has 0 fully saturated rings. The Kier molecular flexibility index (Phi) is 10.3. The third kappa shape index (κ3) is 7.98. The van der Waals surface area contributed by atoms with Gasteiger partial charge < -0.3 is 20.6 Å². The van der Waals surface area contributed by atoms with Crippen molar-refractivity contribution in [3.05, 3.63) is 119 Å². The van der Waals surface area contributed by atoms with Gasteiger partial charge >= 0.3 is 11.9 Å². The molecular formula is C33H32F2N2O5. The van der Waals surface area contributed by atoms with Crippen LogP contribution in [0.1, 0.15) is 60.1 Å². The van der Waals surface area contributed by atoms with Crippen LogP contribution in [0.15, 0.2) is 84.9 Å². The summed E-state index contributed by atoms with van der Waals surface area (Å²) in [4.78, 5) is 23.9. The monoisotopic (exact) mass is 574 g/mol. The number of halogens is 2. The van der Waals surface area contributed by atoms with Gasteiger partial charge in [0.05, 0.1) is 17.3 Å². The van der Waals surface area contributed by atoms with Gasteiger partial charge in [-0.05, 0) is 73.6 Å². The van der Waals surface area contributed by atoms with Gasteiger partial charge in [0.1, 0.15) is 11.6 Å². The molecule has 1 aromatic heterocycles. The molecule has 0 saturated heterocycles. The van der Waals surface area contributed by atoms with Crippen molar-refractivity contribution in [1.29, 1.82) is 0 Å². The van der Waals surface area contributed by atoms with Crippen molar-refractivity contribution < 1.29 is 33.7 Å². The average molecular weight is 575 g/mol. The fraction of sp³-hybridized carbons (Fsp3) is 0.242. The molecule has 1 unspecified atom stereocenters. The number of fused-ring (bicyclic) bond motifs is 2. The molecule has 9 heteroatoms. The second-order valence-electron chi connectivity index (χ2n) is 10.0. The summed E-state index contributed by atoms with van der Waals surface area (Å²) in [5.74, 6) is -3.21. The first-order valence-corrected chi connectivity index (χ1v) is 13.7. The van der Waals surface area contributed by atoms with Gasteiger partial charge in [0.15, 0.2) is 0 Å². The predicted octanol–water partition coefficient (Wildman–Crippen LogP) is 6.62. The van der Waals surface area contributed by atoms with Gasteiger partial charge in [0.2, 0.25) is 0 Å². The summed E-state index contributed by atoms with van der Waals surface area (Å²) in [5.41, 5.74) is 5.45. The summed E-state index contributed by atoms with van der Waals surface area (Å²) in [5, 5.41) is 31.0. The average Bonchev–Trinajstić information content (AvgIpc) is 2.96. The number of carboxylic acid groups (broad SMARTS) is 2. The molecule has 3 aromatic carbocycles. The minimum atomic E-state index is -1.26. The van der Waals surface area contributed by atoms with Gasteiger partial charge in [-0.3, -0.25) is 4.98 Å². The molecule has 7 nitrogen and oxygen atoms in total. The Morgan fingerprint density at radius 2 is 1.55 bits per heavy atom. The first-order chi connectivity index (χ1) is 20.2. The quantitative estimate of drug-likeness (QED) is 0.131. The molecule has 4 aromatic rings. The maximum Gasteiger partial charge on any atom is 0.328 e. The minimum Gasteiger partial charge on any atom is -0.478 e. The Morgan fingerprint density at radius 3 is 2.14 bits per heavy atom. The number of aliphatic carboxylic acids is 2. The number of anilines is 1. The van der Waals surface area contributed by atoms with Crippen LogP contribution in [-0.2, 0) is 16.0 Å². The Morgan fingerprint density at radius 1 is 0.929 bits per heavy atom. The second kappa shape index (κ2) is 14.3. The maximum atomic E-state index is 14.0. The van der Waals surface area contributed by atoms with Crippen molar-refractivity contribution in [2.45, 2.75) is 44.1 Å². The summed E-state index contributed by atoms with van der Waals surface area (Å²) >= 11 is 0. The molecule has 0 saturated carbocycles. The van der Waals surface area contributed by atoms with E-state index in [1.165, 1.54) is 24.3 Å². The number of aryl methyl sites for hydroxylation is 1. The first-order valence-electron chi connectivity index (χ1n) is 13.7. The van der Waals surface area contributed by atoms with E-state index < -0.39 is 18.0 Å². The van der Waals surface area contributed by atoms with Crippen LogP contribution >= 0.6 is 0 Å². The van der Waals surface area contributed by atoms with Crippen molar-refractivity contribution >= 4 is 28.5 Å². The minimum absolute atomic E-state index is 0.109. The largest absolute Gasteiger partial charge is 0.478 e. The van der Waals surface area contributed by atoms with E-state index in [4.69, 9.17) is 15.2 Å². The molecule has 0 aliphatic heterocycles. The number of rotatable bonds is 9. The van der Waals surface area contributed by atoms with E-state index in [-0.39, 0.29) is 17.6 Å². The molecule has 42 heavy (non-hydrogen) atoms. The van der Waals surface area contributed by atoms with Crippen LogP contribution in [0.25, 0.3) is 10.9 Å². The third-order valence-corrected chi connectivity index (χ3v) is 7.08. The van der Waals surface area contributed by atoms with Crippen molar-refractivity contribution in [1.82, 2.24) is 4.98 Å². The lowest BCUT2D eigenvalue weighted by Crippen LogP contribution is -2.16. The zero-order valence-corrected chi connectivity index (χ0v) is 22.8. The Labute approximate surface area is 242 Å². The van der Waals surface area contributed by atoms with Crippen molar-refractivity contribution in [2.75, 3.05) is 11.9 Å². The van der Waals surface area contributed by atoms with Gasteiger partial charge in [-0.1, -0.05) is 42.5 Å². The van der Waals surface area contributed by atoms with Crippen LogP contribution < -0.4 is 5.32 Å². The van der Waals surface area contributed by atoms with Crippen molar-refractivity contribution in [3.8, 4) is 0 Å². The Hall–Kier alpha value is -4.63. The number of benzene rings is 3. The number of aliphatic hydroxyl groups is 1. The fourth-order valence-corrected chi connectivity index (χ4v) is 5.26. The maximum absolute atomic E-state index is 14.0. The highest BCUT2D eigenvalue weighted by molar-refractivity contribution is 5.93. The number of pyridine rings is 1. The van der Waals surface area contributed by atoms with Crippen LogP contribution in [0.4, 0.5) is 14.5 Å². The normalized spacial score (nSPS) is 14.3. The van der Waals surface area contributed by atoms with Crippen LogP contribution in [0.2, 0.25) is 0 Å². The van der Waals surface area contributed by atoms with Crippen LogP contribution in [0, 0.1) is 11.6 Å². The van der Waals surface area contributed by atoms with Gasteiger partial charge in [-0.25, -0.2) is 18.4 Å². The molecule has 5 rings (SSSR count). The third-order valence-electron chi connectivity index (χ3n) is 7.08. The number of hydrogen-bond donors (Lipinski definition) is 4. The topological polar surface area (TPSA) is 120 Å². The van der Waals surface area contributed by atoms with Gasteiger partial charge in [0, 0.05) is 41.3 Å². The first kappa shape index (κ1) is 30.3. The van der Waals surface area contributed by atoms with Crippen LogP contribution in [-0.4, -0.2) is 38.8 Å². The van der Waals surface area contributed by atoms with E-state index in [0.717, 1.165) is 71.1 Å². The van der Waals surface area contributed by atoms with Crippen LogP contribution in [0.5, 0.6) is 0 Å². The zero-order valence-electron chi connectivity index (χ0n) is 22.8. The van der Waals surface area contributed by atoms with Gasteiger partial charge in [-0.2, -0.15) is 0 Å². The Balaban J connectivity index is 0.000000446. The smallest absolute Gasteiger partial charge is 0.328 e. The molecule has 4 N–H and O–H groups in total. The van der Waals surface area contributed by atoms with Crippen molar-refractivity contribution in [2.24, 2.45) is 0 Å². The zero-order chi connectivity index (χ0) is 30.1. The molecule has 0 spiro atoms. The molecular weight excluding hydrogens is 542 g/mol. The number of aliphatic hydroxyl groups excluding tert-OH is 1. The number of nitrogens with zero attached hydrogens (tertiary/aromatic N) is 1. The molecule has 1 atom stereocenters. The molecule has 0 radical (unpaired) electrons. The number of nitrogens with one attached hydrogen (secondary N) is 1. The summed E-state index contributed by atoms with van der Waals surface area (Å²) < 4.78 is 27.9. The summed E-state index contributed by atoms with van der Waals surface area (Å²) in [6.45, 7) is 0.675. The van der Waals surface area contributed by atoms with E-state index in [2.05, 4.69) is 5.32 Å². The molecule has 0 bridgehead atoms. The highest BCUT2D eigenvalue weighted by atomic mass is 19.1. The second-order valence-corrected chi connectivity index (χ2v) is 10.0. The molecule has 0 amide bonds. The summed E-state index contributed by atoms with van der Waals surface area (Å²) in [6.07, 6.45) is 4.66. The van der Waals surface area contributed by atoms with Crippen LogP contribution in [0.3, 0.4) is 0 Å². The Bertz CT molecular complexity index is 1530. The standard InChI is InChI=1S/C29H28F2N2O.C4H4O4/c30-21-9-3-7-19(17-21)23(20-8-4-10-22(31)18-20)12-6-16-32-29-24-11-1-2-13-25(24)33-26-14-5-15-27(34)28(26)29;5-3(6)1-2-4(7)8/h1-4,7-11,13,17-18,23,27,34H,5-6,12,14-16H2,(H,32,33);1-2H,(H,5,6)(H,7,8)/b;2-1+. The number of para-hydroxylation sites is 1. The number of carboxylic acids is 2. The number of carbonyl (C=O) groups is 2. The predicted molar refractivity (Wildman–Crippen MR) is 156 cm³/mol. The fourth-order valence-electron chi connectivity index (χ4n) is 5.26. The van der Waals surface area contributed by atoms with E-state index >= 15 is 0 Å². The van der Waals surface area contributed by atoms with Gasteiger partial charge in [0.25, 0.3) is 0 Å². The van der Waals surface area contributed by atoms with E-state index in [1.54, 1.807) is 12.1 Å². The van der Waals surface area contributed by atoms with E-state index in [9.17, 15) is 23.5 Å². The molecule has 218 valence electrons. The highest BCUT2D eigenvalue weighted by Crippen LogP contribution is 2.39. The molecule has 1 aliphatic carbocycles. The number of hydrogen-bond acceptors (Lipinski definition) is 5. The lowest BCUT2D eigenvalue weighted by molar-refractivity contribution is -0.134. The van der Waals surface area contributed by atoms with Crippen molar-refractivity contribution in [3.63, 3.8) is 0 Å². The number of aromatic nitrogens is 1. The molecule has 1 aliphatic rings. The summed E-state index contributed by atoms with van der Waals surface area (Å²) in [7, 11) is 0. The molecule has 1 heterocycles. The SMILES string of the molecule is O=C(O)/C=C/C(=O)O.OC1CCCc2nc3ccccc3c(NCCCC(c3cccc(F)c3)c3cccc(F)c3)c21. The summed E-state index contributed by atoms with van der Waals surface area (Å²) in [6, 6.07) is 21.1. The lowest BCUT2D eigenvalue weighted by Gasteiger charge is -2.26. The highest BCUT2D eigenvalue weighted by Gasteiger charge is 2.25. The van der Waals surface area contributed by atoms with E-state index in [1.807, 2.05) is 36.4 Å². The van der Waals surface area contributed by atoms with Gasteiger partial charge in [-0.15, -0.1) is 0 Å². The lowest BCUT2D eigenvalue weighted by atomic mass is 9.87. The van der Waals surface area contributed by atoms with E-state index in [0.29, 0.717) is 18.7 Å².